The van der Waals surface area contributed by atoms with Crippen LogP contribution in [0.3, 0.4) is 0 Å². The molecule has 0 unspecified atom stereocenters. The van der Waals surface area contributed by atoms with Crippen molar-refractivity contribution < 1.29 is 29.0 Å². The summed E-state index contributed by atoms with van der Waals surface area (Å²) in [7, 11) is 1.42. The van der Waals surface area contributed by atoms with E-state index in [-0.39, 0.29) is 15.0 Å². The van der Waals surface area contributed by atoms with E-state index in [2.05, 4.69) is 5.43 Å². The van der Waals surface area contributed by atoms with Gasteiger partial charge >= 0.3 is 5.97 Å². The summed E-state index contributed by atoms with van der Waals surface area (Å²) in [6, 6.07) is 11.1. The smallest absolute Gasteiger partial charge is 0.341 e. The quantitative estimate of drug-likeness (QED) is 0.461. The van der Waals surface area contributed by atoms with Gasteiger partial charge in [0.05, 0.1) is 12.0 Å². The van der Waals surface area contributed by atoms with E-state index in [4.69, 9.17) is 38.4 Å². The van der Waals surface area contributed by atoms with Crippen LogP contribution in [0.4, 0.5) is 0 Å². The van der Waals surface area contributed by atoms with E-state index in [1.807, 2.05) is 0 Å². The Kier molecular flexibility index (Phi) is 7.16. The van der Waals surface area contributed by atoms with Crippen LogP contribution in [0.1, 0.15) is 15.9 Å². The molecule has 1 aliphatic heterocycles. The van der Waals surface area contributed by atoms with Gasteiger partial charge in [0.25, 0.3) is 11.8 Å². The highest BCUT2D eigenvalue weighted by atomic mass is 35.5. The first-order chi connectivity index (χ1) is 14.8. The zero-order chi connectivity index (χ0) is 22.5. The second kappa shape index (κ2) is 9.82. The number of hydrogen-bond donors (Lipinski definition) is 2. The molecule has 1 saturated heterocycles. The van der Waals surface area contributed by atoms with Gasteiger partial charge in [0, 0.05) is 16.1 Å². The second-order valence-corrected chi connectivity index (χ2v) is 8.14. The number of nitrogens with zero attached hydrogens (tertiary/aromatic N) is 1. The van der Waals surface area contributed by atoms with E-state index >= 15 is 0 Å². The van der Waals surface area contributed by atoms with Crippen LogP contribution in [0.25, 0.3) is 6.08 Å². The van der Waals surface area contributed by atoms with Gasteiger partial charge in [-0.2, -0.15) is 5.01 Å². The van der Waals surface area contributed by atoms with Crippen molar-refractivity contribution in [2.45, 2.75) is 0 Å². The molecule has 0 saturated carbocycles. The number of halogens is 1. The average molecular weight is 479 g/mol. The molecular weight excluding hydrogens is 464 g/mol. The summed E-state index contributed by atoms with van der Waals surface area (Å²) >= 11 is 12.0. The minimum Gasteiger partial charge on any atom is -0.493 e. The first-order valence-electron chi connectivity index (χ1n) is 8.66. The van der Waals surface area contributed by atoms with Gasteiger partial charge in [-0.25, -0.2) is 4.79 Å². The van der Waals surface area contributed by atoms with Gasteiger partial charge < -0.3 is 14.6 Å². The van der Waals surface area contributed by atoms with Crippen LogP contribution >= 0.6 is 35.6 Å². The van der Waals surface area contributed by atoms with Crippen LogP contribution in [0.5, 0.6) is 11.5 Å². The summed E-state index contributed by atoms with van der Waals surface area (Å²) in [5.74, 6) is -1.75. The number of nitrogens with one attached hydrogen (secondary N) is 1. The second-order valence-electron chi connectivity index (χ2n) is 6.03. The van der Waals surface area contributed by atoms with Crippen LogP contribution in [-0.2, 0) is 9.59 Å². The highest BCUT2D eigenvalue weighted by molar-refractivity contribution is 8.26. The summed E-state index contributed by atoms with van der Waals surface area (Å²) < 4.78 is 10.7. The summed E-state index contributed by atoms with van der Waals surface area (Å²) in [4.78, 5) is 36.4. The van der Waals surface area contributed by atoms with E-state index in [0.29, 0.717) is 21.9 Å². The van der Waals surface area contributed by atoms with E-state index in [0.717, 1.165) is 16.8 Å². The van der Waals surface area contributed by atoms with Crippen molar-refractivity contribution in [3.8, 4) is 11.5 Å². The predicted octanol–water partition coefficient (Wildman–Crippen LogP) is 3.36. The number of hydrazine groups is 1. The van der Waals surface area contributed by atoms with Crippen molar-refractivity contribution >= 4 is 63.8 Å². The topological polar surface area (TPSA) is 105 Å². The summed E-state index contributed by atoms with van der Waals surface area (Å²) in [6.45, 7) is -0.584. The Bertz CT molecular complexity index is 1090. The third kappa shape index (κ3) is 5.35. The molecule has 11 heteroatoms. The number of para-hydroxylation sites is 1. The molecule has 0 aliphatic carbocycles. The molecule has 8 nitrogen and oxygen atoms in total. The Morgan fingerprint density at radius 1 is 1.26 bits per heavy atom. The van der Waals surface area contributed by atoms with Gasteiger partial charge in [-0.3, -0.25) is 15.0 Å². The average Bonchev–Trinajstić information content (AvgIpc) is 3.00. The van der Waals surface area contributed by atoms with Crippen molar-refractivity contribution in [3.63, 3.8) is 0 Å². The molecule has 1 heterocycles. The third-order valence-electron chi connectivity index (χ3n) is 3.97. The Labute approximate surface area is 191 Å². The van der Waals surface area contributed by atoms with Crippen molar-refractivity contribution in [3.05, 3.63) is 63.5 Å². The standard InChI is InChI=1S/C20H15ClN2O6S2/c1-28-14-4-2-3-12(17(14)29-10-16(24)25)9-15-19(27)23(20(30)31-15)22-18(26)11-5-7-13(21)8-6-11/h2-9H,10H2,1H3,(H,22,26)(H,24,25)/b15-9+. The van der Waals surface area contributed by atoms with E-state index in [9.17, 15) is 14.4 Å². The highest BCUT2D eigenvalue weighted by Crippen LogP contribution is 2.37. The van der Waals surface area contributed by atoms with Gasteiger partial charge in [0.15, 0.2) is 22.4 Å². The van der Waals surface area contributed by atoms with Crippen LogP contribution < -0.4 is 14.9 Å². The SMILES string of the molecule is COc1cccc(/C=C2/SC(=S)N(NC(=O)c3ccc(Cl)cc3)C2=O)c1OCC(=O)O. The lowest BCUT2D eigenvalue weighted by atomic mass is 10.1. The van der Waals surface area contributed by atoms with Crippen LogP contribution in [0.2, 0.25) is 5.02 Å². The Hall–Kier alpha value is -3.08. The van der Waals surface area contributed by atoms with E-state index in [1.165, 1.54) is 25.3 Å². The number of hydrogen-bond acceptors (Lipinski definition) is 7. The maximum absolute atomic E-state index is 12.8. The molecule has 31 heavy (non-hydrogen) atoms. The number of carboxylic acids is 1. The molecule has 0 spiro atoms. The third-order valence-corrected chi connectivity index (χ3v) is 5.52. The minimum absolute atomic E-state index is 0.134. The number of amides is 2. The van der Waals surface area contributed by atoms with E-state index in [1.54, 1.807) is 30.3 Å². The number of rotatable bonds is 7. The molecule has 2 amide bonds. The summed E-state index contributed by atoms with van der Waals surface area (Å²) in [5, 5.41) is 10.4. The van der Waals surface area contributed by atoms with Crippen molar-refractivity contribution in [2.75, 3.05) is 13.7 Å². The number of aliphatic carboxylic acids is 1. The molecule has 0 atom stereocenters. The van der Waals surface area contributed by atoms with Crippen LogP contribution in [0.15, 0.2) is 47.4 Å². The maximum Gasteiger partial charge on any atom is 0.341 e. The van der Waals surface area contributed by atoms with Gasteiger partial charge in [-0.1, -0.05) is 35.5 Å². The largest absolute Gasteiger partial charge is 0.493 e. The van der Waals surface area contributed by atoms with Crippen molar-refractivity contribution in [1.82, 2.24) is 10.4 Å². The number of carbonyl (C=O) groups excluding carboxylic acids is 2. The van der Waals surface area contributed by atoms with Crippen LogP contribution in [-0.4, -0.2) is 45.9 Å². The number of carbonyl (C=O) groups is 3. The number of benzene rings is 2. The molecule has 1 fully saturated rings. The molecule has 0 bridgehead atoms. The first kappa shape index (κ1) is 22.6. The molecule has 1 aliphatic rings. The monoisotopic (exact) mass is 478 g/mol. The summed E-state index contributed by atoms with van der Waals surface area (Å²) in [6.07, 6.45) is 1.49. The number of thioether (sulfide) groups is 1. The Balaban J connectivity index is 1.84. The maximum atomic E-state index is 12.8. The first-order valence-corrected chi connectivity index (χ1v) is 10.3. The highest BCUT2D eigenvalue weighted by Gasteiger charge is 2.34. The van der Waals surface area contributed by atoms with Crippen molar-refractivity contribution in [1.29, 1.82) is 0 Å². The predicted molar refractivity (Wildman–Crippen MR) is 120 cm³/mol. The number of thiocarbonyl (C=S) groups is 1. The van der Waals surface area contributed by atoms with Gasteiger partial charge in [-0.05, 0) is 48.6 Å². The Morgan fingerprint density at radius 3 is 2.61 bits per heavy atom. The molecule has 3 rings (SSSR count). The fraction of sp³-hybridized carbons (Fsp3) is 0.100. The lowest BCUT2D eigenvalue weighted by molar-refractivity contribution is -0.139. The fourth-order valence-corrected chi connectivity index (χ4v) is 3.86. The summed E-state index contributed by atoms with van der Waals surface area (Å²) in [5.41, 5.74) is 3.20. The number of carboxylic acid groups (broad SMARTS) is 1. The number of methoxy groups -OCH3 is 1. The molecule has 2 N–H and O–H groups in total. The zero-order valence-corrected chi connectivity index (χ0v) is 18.3. The lowest BCUT2D eigenvalue weighted by Crippen LogP contribution is -2.44. The minimum atomic E-state index is -1.16. The van der Waals surface area contributed by atoms with Crippen LogP contribution in [0, 0.1) is 0 Å². The molecule has 2 aromatic carbocycles. The van der Waals surface area contributed by atoms with Gasteiger partial charge in [-0.15, -0.1) is 0 Å². The zero-order valence-electron chi connectivity index (χ0n) is 16.0. The molecule has 0 aromatic heterocycles. The molecule has 2 aromatic rings. The lowest BCUT2D eigenvalue weighted by Gasteiger charge is -2.15. The van der Waals surface area contributed by atoms with Gasteiger partial charge in [0.1, 0.15) is 0 Å². The molecule has 160 valence electrons. The van der Waals surface area contributed by atoms with Gasteiger partial charge in [0.2, 0.25) is 0 Å². The molecular formula is C20H15ClN2O6S2. The molecule has 0 radical (unpaired) electrons. The van der Waals surface area contributed by atoms with E-state index < -0.39 is 24.4 Å². The Morgan fingerprint density at radius 2 is 1.97 bits per heavy atom. The normalized spacial score (nSPS) is 14.6. The fourth-order valence-electron chi connectivity index (χ4n) is 2.57. The van der Waals surface area contributed by atoms with Crippen molar-refractivity contribution in [2.24, 2.45) is 0 Å². The number of ether oxygens (including phenoxy) is 2.